The highest BCUT2D eigenvalue weighted by Crippen LogP contribution is 2.20. The smallest absolute Gasteiger partial charge is 0.233 e. The fourth-order valence-electron chi connectivity index (χ4n) is 2.54. The summed E-state index contributed by atoms with van der Waals surface area (Å²) in [6.45, 7) is 3.12. The van der Waals surface area contributed by atoms with E-state index in [4.69, 9.17) is 0 Å². The van der Waals surface area contributed by atoms with Crippen LogP contribution in [-0.2, 0) is 4.79 Å². The predicted molar refractivity (Wildman–Crippen MR) is 90.2 cm³/mol. The first kappa shape index (κ1) is 15.8. The van der Waals surface area contributed by atoms with Crippen molar-refractivity contribution in [1.82, 2.24) is 9.88 Å². The zero-order chi connectivity index (χ0) is 16.1. The summed E-state index contributed by atoms with van der Waals surface area (Å²) in [5, 5.41) is 0. The van der Waals surface area contributed by atoms with Gasteiger partial charge in [0.25, 0.3) is 0 Å². The molecule has 1 saturated heterocycles. The van der Waals surface area contributed by atoms with Crippen LogP contribution in [0, 0.1) is 5.82 Å². The first-order chi connectivity index (χ1) is 11.2. The monoisotopic (exact) mass is 331 g/mol. The first-order valence-corrected chi connectivity index (χ1v) is 8.52. The Hall–Kier alpha value is -2.08. The van der Waals surface area contributed by atoms with Crippen LogP contribution in [0.3, 0.4) is 0 Å². The van der Waals surface area contributed by atoms with Crippen molar-refractivity contribution in [3.63, 3.8) is 0 Å². The van der Waals surface area contributed by atoms with E-state index in [1.807, 2.05) is 17.0 Å². The Morgan fingerprint density at radius 1 is 1.04 bits per heavy atom. The normalized spacial score (nSPS) is 14.8. The van der Waals surface area contributed by atoms with Crippen LogP contribution in [0.5, 0.6) is 0 Å². The minimum atomic E-state index is -0.257. The lowest BCUT2D eigenvalue weighted by atomic mass is 10.2. The zero-order valence-electron chi connectivity index (χ0n) is 12.7. The molecule has 23 heavy (non-hydrogen) atoms. The number of pyridine rings is 1. The summed E-state index contributed by atoms with van der Waals surface area (Å²) < 4.78 is 12.9. The van der Waals surface area contributed by atoms with E-state index in [0.717, 1.165) is 36.8 Å². The third-order valence-corrected chi connectivity index (χ3v) is 4.83. The second kappa shape index (κ2) is 7.46. The maximum absolute atomic E-state index is 12.9. The number of halogens is 1. The third-order valence-electron chi connectivity index (χ3n) is 3.84. The molecule has 2 heterocycles. The second-order valence-corrected chi connectivity index (χ2v) is 6.36. The van der Waals surface area contributed by atoms with Gasteiger partial charge in [-0.1, -0.05) is 0 Å². The Morgan fingerprint density at radius 2 is 1.70 bits per heavy atom. The van der Waals surface area contributed by atoms with Gasteiger partial charge in [0.05, 0.1) is 5.75 Å². The lowest BCUT2D eigenvalue weighted by Gasteiger charge is -2.36. The molecule has 0 spiro atoms. The van der Waals surface area contributed by atoms with Crippen LogP contribution >= 0.6 is 11.8 Å². The van der Waals surface area contributed by atoms with Crippen LogP contribution in [0.2, 0.25) is 0 Å². The molecule has 1 aromatic heterocycles. The van der Waals surface area contributed by atoms with E-state index in [1.54, 1.807) is 24.5 Å². The lowest BCUT2D eigenvalue weighted by Crippen LogP contribution is -2.49. The predicted octanol–water partition coefficient (Wildman–Crippen LogP) is 2.66. The molecule has 0 N–H and O–H groups in total. The Bertz CT molecular complexity index is 643. The Morgan fingerprint density at radius 3 is 2.35 bits per heavy atom. The van der Waals surface area contributed by atoms with Crippen LogP contribution in [0.15, 0.2) is 53.7 Å². The zero-order valence-corrected chi connectivity index (χ0v) is 13.5. The summed E-state index contributed by atoms with van der Waals surface area (Å²) in [5.41, 5.74) is 1.15. The van der Waals surface area contributed by atoms with Gasteiger partial charge >= 0.3 is 0 Å². The van der Waals surface area contributed by atoms with E-state index in [0.29, 0.717) is 5.75 Å². The summed E-state index contributed by atoms with van der Waals surface area (Å²) in [7, 11) is 0. The van der Waals surface area contributed by atoms with Crippen molar-refractivity contribution in [1.29, 1.82) is 0 Å². The molecule has 1 aliphatic heterocycles. The quantitative estimate of drug-likeness (QED) is 0.807. The van der Waals surface area contributed by atoms with Gasteiger partial charge in [0.2, 0.25) is 5.91 Å². The molecule has 0 radical (unpaired) electrons. The van der Waals surface area contributed by atoms with Gasteiger partial charge in [-0.3, -0.25) is 9.78 Å². The SMILES string of the molecule is O=C(CSc1ccc(F)cc1)N1CCN(c2ccncc2)CC1. The van der Waals surface area contributed by atoms with Crippen LogP contribution in [0.4, 0.5) is 10.1 Å². The van der Waals surface area contributed by atoms with Gasteiger partial charge in [0, 0.05) is 49.2 Å². The number of hydrogen-bond donors (Lipinski definition) is 0. The summed E-state index contributed by atoms with van der Waals surface area (Å²) in [6.07, 6.45) is 3.57. The summed E-state index contributed by atoms with van der Waals surface area (Å²) in [6, 6.07) is 10.2. The van der Waals surface area contributed by atoms with Crippen molar-refractivity contribution >= 4 is 23.4 Å². The molecule has 6 heteroatoms. The molecule has 1 aliphatic rings. The van der Waals surface area contributed by atoms with Gasteiger partial charge in [0.1, 0.15) is 5.82 Å². The number of aromatic nitrogens is 1. The molecule has 1 aromatic carbocycles. The molecule has 2 aromatic rings. The average molecular weight is 331 g/mol. The van der Waals surface area contributed by atoms with Gasteiger partial charge in [-0.25, -0.2) is 4.39 Å². The standard InChI is InChI=1S/C17H18FN3OS/c18-14-1-3-16(4-2-14)23-13-17(22)21-11-9-20(10-12-21)15-5-7-19-8-6-15/h1-8H,9-13H2. The minimum Gasteiger partial charge on any atom is -0.368 e. The maximum atomic E-state index is 12.9. The number of carbonyl (C=O) groups excluding carboxylic acids is 1. The summed E-state index contributed by atoms with van der Waals surface area (Å²) in [5.74, 6) is 0.266. The Labute approximate surface area is 139 Å². The third kappa shape index (κ3) is 4.22. The van der Waals surface area contributed by atoms with Crippen molar-refractivity contribution in [3.8, 4) is 0 Å². The van der Waals surface area contributed by atoms with E-state index >= 15 is 0 Å². The van der Waals surface area contributed by atoms with Crippen molar-refractivity contribution in [2.45, 2.75) is 4.90 Å². The molecule has 4 nitrogen and oxygen atoms in total. The van der Waals surface area contributed by atoms with Gasteiger partial charge < -0.3 is 9.80 Å². The van der Waals surface area contributed by atoms with Crippen molar-refractivity contribution in [2.75, 3.05) is 36.8 Å². The first-order valence-electron chi connectivity index (χ1n) is 7.53. The number of amides is 1. The van der Waals surface area contributed by atoms with E-state index in [9.17, 15) is 9.18 Å². The Balaban J connectivity index is 1.47. The molecule has 0 unspecified atom stereocenters. The minimum absolute atomic E-state index is 0.133. The largest absolute Gasteiger partial charge is 0.368 e. The average Bonchev–Trinajstić information content (AvgIpc) is 2.62. The molecule has 1 amide bonds. The van der Waals surface area contributed by atoms with Gasteiger partial charge in [-0.05, 0) is 36.4 Å². The van der Waals surface area contributed by atoms with Crippen LogP contribution in [0.1, 0.15) is 0 Å². The molecular formula is C17H18FN3OS. The molecule has 0 saturated carbocycles. The number of hydrogen-bond acceptors (Lipinski definition) is 4. The number of carbonyl (C=O) groups is 1. The van der Waals surface area contributed by atoms with Crippen molar-refractivity contribution in [2.24, 2.45) is 0 Å². The number of thioether (sulfide) groups is 1. The highest BCUT2D eigenvalue weighted by Gasteiger charge is 2.21. The Kier molecular flexibility index (Phi) is 5.12. The molecular weight excluding hydrogens is 313 g/mol. The molecule has 1 fully saturated rings. The molecule has 120 valence electrons. The fraction of sp³-hybridized carbons (Fsp3) is 0.294. The van der Waals surface area contributed by atoms with Crippen LogP contribution in [-0.4, -0.2) is 47.7 Å². The van der Waals surface area contributed by atoms with E-state index in [-0.39, 0.29) is 11.7 Å². The lowest BCUT2D eigenvalue weighted by molar-refractivity contribution is -0.128. The fourth-order valence-corrected chi connectivity index (χ4v) is 3.34. The number of nitrogens with zero attached hydrogens (tertiary/aromatic N) is 3. The number of benzene rings is 1. The summed E-state index contributed by atoms with van der Waals surface area (Å²) in [4.78, 5) is 21.4. The molecule has 0 atom stereocenters. The van der Waals surface area contributed by atoms with Gasteiger partial charge in [-0.2, -0.15) is 0 Å². The summed E-state index contributed by atoms with van der Waals surface area (Å²) >= 11 is 1.45. The van der Waals surface area contributed by atoms with Crippen molar-refractivity contribution < 1.29 is 9.18 Å². The van der Waals surface area contributed by atoms with Gasteiger partial charge in [-0.15, -0.1) is 11.8 Å². The number of piperazine rings is 1. The van der Waals surface area contributed by atoms with E-state index in [2.05, 4.69) is 9.88 Å². The second-order valence-electron chi connectivity index (χ2n) is 5.32. The van der Waals surface area contributed by atoms with E-state index in [1.165, 1.54) is 23.9 Å². The molecule has 0 bridgehead atoms. The number of anilines is 1. The molecule has 0 aliphatic carbocycles. The van der Waals surface area contributed by atoms with Crippen molar-refractivity contribution in [3.05, 3.63) is 54.6 Å². The van der Waals surface area contributed by atoms with Gasteiger partial charge in [0.15, 0.2) is 0 Å². The topological polar surface area (TPSA) is 36.4 Å². The van der Waals surface area contributed by atoms with Crippen LogP contribution in [0.25, 0.3) is 0 Å². The van der Waals surface area contributed by atoms with Crippen LogP contribution < -0.4 is 4.90 Å². The van der Waals surface area contributed by atoms with E-state index < -0.39 is 0 Å². The highest BCUT2D eigenvalue weighted by atomic mass is 32.2. The highest BCUT2D eigenvalue weighted by molar-refractivity contribution is 8.00. The molecule has 3 rings (SSSR count). The number of rotatable bonds is 4. The maximum Gasteiger partial charge on any atom is 0.233 e.